The summed E-state index contributed by atoms with van der Waals surface area (Å²) in [7, 11) is 0. The predicted molar refractivity (Wildman–Crippen MR) is 119 cm³/mol. The van der Waals surface area contributed by atoms with Crippen molar-refractivity contribution in [2.45, 2.75) is 25.4 Å². The van der Waals surface area contributed by atoms with Crippen LogP contribution in [0.2, 0.25) is 0 Å². The Labute approximate surface area is 180 Å². The van der Waals surface area contributed by atoms with Crippen molar-refractivity contribution in [3.8, 4) is 0 Å². The second-order valence-corrected chi connectivity index (χ2v) is 8.31. The Kier molecular flexibility index (Phi) is 5.34. The van der Waals surface area contributed by atoms with Crippen LogP contribution in [-0.2, 0) is 11.2 Å². The van der Waals surface area contributed by atoms with Gasteiger partial charge in [0.25, 0.3) is 0 Å². The van der Waals surface area contributed by atoms with Gasteiger partial charge in [0.05, 0.1) is 18.2 Å². The molecular weight excluding hydrogens is 393 g/mol. The minimum atomic E-state index is -0.389. The Bertz CT molecular complexity index is 1170. The average Bonchev–Trinajstić information content (AvgIpc) is 3.20. The number of aromatic nitrogens is 1. The van der Waals surface area contributed by atoms with Crippen molar-refractivity contribution in [3.63, 3.8) is 0 Å². The van der Waals surface area contributed by atoms with Crippen molar-refractivity contribution >= 4 is 22.5 Å². The Morgan fingerprint density at radius 3 is 2.87 bits per heavy atom. The summed E-state index contributed by atoms with van der Waals surface area (Å²) in [5, 5.41) is 1.05. The number of hydrogen-bond donors (Lipinski definition) is 1. The lowest BCUT2D eigenvalue weighted by atomic mass is 9.93. The summed E-state index contributed by atoms with van der Waals surface area (Å²) >= 11 is 0. The summed E-state index contributed by atoms with van der Waals surface area (Å²) in [6.07, 6.45) is 6.95. The van der Waals surface area contributed by atoms with Gasteiger partial charge in [-0.2, -0.15) is 0 Å². The zero-order valence-corrected chi connectivity index (χ0v) is 17.4. The van der Waals surface area contributed by atoms with Crippen LogP contribution in [0.3, 0.4) is 0 Å². The van der Waals surface area contributed by atoms with E-state index in [1.54, 1.807) is 12.1 Å². The first-order valence-electron chi connectivity index (χ1n) is 10.8. The van der Waals surface area contributed by atoms with Crippen LogP contribution in [0.4, 0.5) is 4.39 Å². The molecule has 1 amide bonds. The molecule has 2 aliphatic heterocycles. The summed E-state index contributed by atoms with van der Waals surface area (Å²) in [6, 6.07) is 12.7. The smallest absolute Gasteiger partial charge is 0.248 e. The normalized spacial score (nSPS) is 19.3. The lowest BCUT2D eigenvalue weighted by Gasteiger charge is -2.31. The van der Waals surface area contributed by atoms with E-state index in [4.69, 9.17) is 10.5 Å². The SMILES string of the molecule is NC(=O)c1ccc2c(c1)CCOC2CCN1CC=C(n2ccc3ccc(F)cc32)CC1. The molecule has 0 radical (unpaired) electrons. The van der Waals surface area contributed by atoms with E-state index in [2.05, 4.69) is 15.5 Å². The number of amides is 1. The van der Waals surface area contributed by atoms with E-state index < -0.39 is 0 Å². The first kappa shape index (κ1) is 20.0. The maximum atomic E-state index is 13.7. The van der Waals surface area contributed by atoms with Gasteiger partial charge >= 0.3 is 0 Å². The summed E-state index contributed by atoms with van der Waals surface area (Å²) in [5.41, 5.74) is 10.5. The topological polar surface area (TPSA) is 60.5 Å². The van der Waals surface area contributed by atoms with Gasteiger partial charge in [0, 0.05) is 48.9 Å². The highest BCUT2D eigenvalue weighted by atomic mass is 19.1. The van der Waals surface area contributed by atoms with Gasteiger partial charge in [0.2, 0.25) is 5.91 Å². The third-order valence-electron chi connectivity index (χ3n) is 6.41. The minimum Gasteiger partial charge on any atom is -0.373 e. The van der Waals surface area contributed by atoms with Gasteiger partial charge in [0.1, 0.15) is 5.82 Å². The molecule has 0 fully saturated rings. The van der Waals surface area contributed by atoms with E-state index in [-0.39, 0.29) is 17.8 Å². The first-order valence-corrected chi connectivity index (χ1v) is 10.8. The van der Waals surface area contributed by atoms with Gasteiger partial charge < -0.3 is 15.0 Å². The zero-order chi connectivity index (χ0) is 21.4. The van der Waals surface area contributed by atoms with Crippen molar-refractivity contribution in [2.75, 3.05) is 26.2 Å². The number of hydrogen-bond acceptors (Lipinski definition) is 3. The van der Waals surface area contributed by atoms with Gasteiger partial charge in [-0.1, -0.05) is 12.1 Å². The van der Waals surface area contributed by atoms with Crippen LogP contribution < -0.4 is 5.73 Å². The van der Waals surface area contributed by atoms with E-state index >= 15 is 0 Å². The second-order valence-electron chi connectivity index (χ2n) is 8.31. The van der Waals surface area contributed by atoms with Gasteiger partial charge in [-0.3, -0.25) is 9.69 Å². The minimum absolute atomic E-state index is 0.0485. The van der Waals surface area contributed by atoms with Gasteiger partial charge in [0.15, 0.2) is 0 Å². The lowest BCUT2D eigenvalue weighted by Crippen LogP contribution is -2.32. The number of primary amides is 1. The molecule has 0 saturated carbocycles. The number of nitrogens with zero attached hydrogens (tertiary/aromatic N) is 2. The van der Waals surface area contributed by atoms with E-state index in [1.165, 1.54) is 22.9 Å². The van der Waals surface area contributed by atoms with E-state index in [1.807, 2.05) is 30.5 Å². The molecular formula is C25H26FN3O2. The molecule has 3 heterocycles. The van der Waals surface area contributed by atoms with Crippen molar-refractivity contribution < 1.29 is 13.9 Å². The molecule has 160 valence electrons. The highest BCUT2D eigenvalue weighted by Gasteiger charge is 2.23. The number of benzene rings is 2. The second kappa shape index (κ2) is 8.29. The highest BCUT2D eigenvalue weighted by molar-refractivity contribution is 5.93. The molecule has 1 unspecified atom stereocenters. The third kappa shape index (κ3) is 4.01. The van der Waals surface area contributed by atoms with E-state index in [0.717, 1.165) is 49.8 Å². The van der Waals surface area contributed by atoms with E-state index in [0.29, 0.717) is 12.2 Å². The van der Waals surface area contributed by atoms with Gasteiger partial charge in [-0.25, -0.2) is 4.39 Å². The van der Waals surface area contributed by atoms with Crippen LogP contribution in [0.15, 0.2) is 54.7 Å². The Morgan fingerprint density at radius 1 is 1.16 bits per heavy atom. The lowest BCUT2D eigenvalue weighted by molar-refractivity contribution is 0.0299. The van der Waals surface area contributed by atoms with Gasteiger partial charge in [-0.15, -0.1) is 0 Å². The fraction of sp³-hybridized carbons (Fsp3) is 0.320. The number of ether oxygens (including phenoxy) is 1. The number of carbonyl (C=O) groups excluding carboxylic acids is 1. The van der Waals surface area contributed by atoms with E-state index in [9.17, 15) is 9.18 Å². The molecule has 3 aromatic rings. The number of rotatable bonds is 5. The van der Waals surface area contributed by atoms with Crippen LogP contribution in [0.25, 0.3) is 16.6 Å². The number of fused-ring (bicyclic) bond motifs is 2. The van der Waals surface area contributed by atoms with Crippen LogP contribution in [-0.4, -0.2) is 41.6 Å². The highest BCUT2D eigenvalue weighted by Crippen LogP contribution is 2.31. The van der Waals surface area contributed by atoms with Crippen LogP contribution in [0, 0.1) is 5.82 Å². The molecule has 31 heavy (non-hydrogen) atoms. The fourth-order valence-corrected chi connectivity index (χ4v) is 4.70. The third-order valence-corrected chi connectivity index (χ3v) is 6.41. The number of halogens is 1. The molecule has 0 bridgehead atoms. The molecule has 5 nitrogen and oxygen atoms in total. The van der Waals surface area contributed by atoms with Crippen molar-refractivity contribution in [1.82, 2.24) is 9.47 Å². The predicted octanol–water partition coefficient (Wildman–Crippen LogP) is 4.13. The molecule has 2 aliphatic rings. The molecule has 1 atom stereocenters. The monoisotopic (exact) mass is 419 g/mol. The Hall–Kier alpha value is -2.96. The molecule has 2 N–H and O–H groups in total. The Balaban J connectivity index is 1.24. The molecule has 0 saturated heterocycles. The Morgan fingerprint density at radius 2 is 2.06 bits per heavy atom. The summed E-state index contributed by atoms with van der Waals surface area (Å²) in [5.74, 6) is -0.596. The van der Waals surface area contributed by atoms with Crippen LogP contribution >= 0.6 is 0 Å². The zero-order valence-electron chi connectivity index (χ0n) is 17.4. The quantitative estimate of drug-likeness (QED) is 0.677. The van der Waals surface area contributed by atoms with Crippen molar-refractivity contribution in [3.05, 3.63) is 77.2 Å². The molecule has 2 aromatic carbocycles. The summed E-state index contributed by atoms with van der Waals surface area (Å²) in [4.78, 5) is 13.9. The maximum absolute atomic E-state index is 13.7. The fourth-order valence-electron chi connectivity index (χ4n) is 4.70. The molecule has 5 rings (SSSR count). The summed E-state index contributed by atoms with van der Waals surface area (Å²) in [6.45, 7) is 3.43. The largest absolute Gasteiger partial charge is 0.373 e. The van der Waals surface area contributed by atoms with Crippen LogP contribution in [0.5, 0.6) is 0 Å². The molecule has 6 heteroatoms. The first-order chi connectivity index (χ1) is 15.1. The van der Waals surface area contributed by atoms with Crippen LogP contribution in [0.1, 0.15) is 40.4 Å². The number of carbonyl (C=O) groups is 1. The average molecular weight is 420 g/mol. The van der Waals surface area contributed by atoms with Crippen molar-refractivity contribution in [2.24, 2.45) is 5.73 Å². The number of nitrogens with two attached hydrogens (primary N) is 1. The molecule has 1 aromatic heterocycles. The maximum Gasteiger partial charge on any atom is 0.248 e. The van der Waals surface area contributed by atoms with Gasteiger partial charge in [-0.05, 0) is 60.4 Å². The summed E-state index contributed by atoms with van der Waals surface area (Å²) < 4.78 is 21.8. The molecule has 0 aliphatic carbocycles. The van der Waals surface area contributed by atoms with Crippen molar-refractivity contribution in [1.29, 1.82) is 0 Å². The molecule has 0 spiro atoms. The standard InChI is InChI=1S/C25H26FN3O2/c26-20-3-1-17-5-13-29(23(17)16-20)21-6-10-28(11-7-21)12-8-24-22-4-2-19(25(27)30)15-18(22)9-14-31-24/h1-6,13,15-16,24H,7-12,14H2,(H2,27,30).